The minimum absolute atomic E-state index is 0.0253. The minimum atomic E-state index is -0.176. The lowest BCUT2D eigenvalue weighted by Crippen LogP contribution is -2.42. The molecule has 0 unspecified atom stereocenters. The highest BCUT2D eigenvalue weighted by molar-refractivity contribution is 5.24. The molecular weight excluding hydrogens is 306 g/mol. The van der Waals surface area contributed by atoms with E-state index in [-0.39, 0.29) is 17.6 Å². The summed E-state index contributed by atoms with van der Waals surface area (Å²) in [6.07, 6.45) is 2.06. The zero-order chi connectivity index (χ0) is 17.5. The number of aromatic nitrogens is 4. The molecule has 24 heavy (non-hydrogen) atoms. The summed E-state index contributed by atoms with van der Waals surface area (Å²) in [6.45, 7) is 12.9. The highest BCUT2D eigenvalue weighted by Gasteiger charge is 2.31. The summed E-state index contributed by atoms with van der Waals surface area (Å²) in [6, 6.07) is 0. The molecule has 1 saturated heterocycles. The Bertz CT molecular complexity index is 700. The van der Waals surface area contributed by atoms with Crippen molar-refractivity contribution in [1.29, 1.82) is 0 Å². The van der Waals surface area contributed by atoms with Crippen LogP contribution in [0.15, 0.2) is 10.6 Å². The Morgan fingerprint density at radius 1 is 1.25 bits per heavy atom. The Morgan fingerprint density at radius 2 is 2.00 bits per heavy atom. The fourth-order valence-electron chi connectivity index (χ4n) is 3.27. The molecule has 2 atom stereocenters. The summed E-state index contributed by atoms with van der Waals surface area (Å²) >= 11 is 0. The average Bonchev–Trinajstić information content (AvgIpc) is 3.04. The Kier molecular flexibility index (Phi) is 4.48. The summed E-state index contributed by atoms with van der Waals surface area (Å²) in [5.41, 5.74) is 2.44. The van der Waals surface area contributed by atoms with Gasteiger partial charge in [0.25, 0.3) is 0 Å². The van der Waals surface area contributed by atoms with Crippen LogP contribution in [0.4, 0.5) is 0 Å². The van der Waals surface area contributed by atoms with Crippen molar-refractivity contribution >= 4 is 0 Å². The third-order valence-corrected chi connectivity index (χ3v) is 4.16. The Labute approximate surface area is 143 Å². The van der Waals surface area contributed by atoms with E-state index in [1.807, 2.05) is 11.7 Å². The first-order chi connectivity index (χ1) is 11.2. The van der Waals surface area contributed by atoms with E-state index in [9.17, 15) is 0 Å². The summed E-state index contributed by atoms with van der Waals surface area (Å²) in [5, 5.41) is 12.7. The lowest BCUT2D eigenvalue weighted by molar-refractivity contribution is -0.0918. The van der Waals surface area contributed by atoms with E-state index >= 15 is 0 Å². The van der Waals surface area contributed by atoms with Crippen LogP contribution < -0.4 is 0 Å². The first-order valence-corrected chi connectivity index (χ1v) is 8.43. The molecular formula is C17H27N5O2. The lowest BCUT2D eigenvalue weighted by Gasteiger charge is -2.35. The van der Waals surface area contributed by atoms with Gasteiger partial charge < -0.3 is 9.15 Å². The van der Waals surface area contributed by atoms with E-state index in [2.05, 4.69) is 54.1 Å². The Balaban J connectivity index is 1.78. The second kappa shape index (κ2) is 6.29. The molecule has 1 aliphatic rings. The molecule has 2 aromatic heterocycles. The molecule has 0 N–H and O–H groups in total. The summed E-state index contributed by atoms with van der Waals surface area (Å²) in [7, 11) is 1.98. The predicted octanol–water partition coefficient (Wildman–Crippen LogP) is 2.37. The van der Waals surface area contributed by atoms with Gasteiger partial charge in [-0.25, -0.2) is 0 Å². The highest BCUT2D eigenvalue weighted by Crippen LogP contribution is 2.28. The molecule has 1 fully saturated rings. The molecule has 3 heterocycles. The van der Waals surface area contributed by atoms with E-state index in [0.29, 0.717) is 11.8 Å². The molecule has 3 rings (SSSR count). The normalized spacial score (nSPS) is 22.9. The summed E-state index contributed by atoms with van der Waals surface area (Å²) < 4.78 is 13.5. The monoisotopic (exact) mass is 333 g/mol. The van der Waals surface area contributed by atoms with E-state index < -0.39 is 0 Å². The molecule has 0 amide bonds. The molecule has 0 spiro atoms. The van der Waals surface area contributed by atoms with Crippen LogP contribution >= 0.6 is 0 Å². The van der Waals surface area contributed by atoms with Gasteiger partial charge in [0.05, 0.1) is 11.8 Å². The first kappa shape index (κ1) is 17.1. The third-order valence-electron chi connectivity index (χ3n) is 4.16. The van der Waals surface area contributed by atoms with Crippen molar-refractivity contribution in [3.05, 3.63) is 29.2 Å². The van der Waals surface area contributed by atoms with Crippen molar-refractivity contribution in [3.8, 4) is 0 Å². The molecule has 7 nitrogen and oxygen atoms in total. The van der Waals surface area contributed by atoms with Gasteiger partial charge in [-0.05, 0) is 6.92 Å². The van der Waals surface area contributed by atoms with Gasteiger partial charge in [0.1, 0.15) is 6.10 Å². The van der Waals surface area contributed by atoms with Gasteiger partial charge in [-0.1, -0.05) is 20.8 Å². The maximum absolute atomic E-state index is 6.00. The van der Waals surface area contributed by atoms with Crippen LogP contribution in [0.5, 0.6) is 0 Å². The van der Waals surface area contributed by atoms with Crippen molar-refractivity contribution in [2.45, 2.75) is 58.8 Å². The molecule has 0 saturated carbocycles. The molecule has 0 aromatic carbocycles. The quantitative estimate of drug-likeness (QED) is 0.859. The smallest absolute Gasteiger partial charge is 0.246 e. The van der Waals surface area contributed by atoms with Gasteiger partial charge in [0, 0.05) is 50.8 Å². The Hall–Kier alpha value is -1.73. The van der Waals surface area contributed by atoms with Gasteiger partial charge in [-0.3, -0.25) is 9.58 Å². The van der Waals surface area contributed by atoms with Gasteiger partial charge in [-0.15, -0.1) is 10.2 Å². The molecule has 0 radical (unpaired) electrons. The molecule has 132 valence electrons. The number of aryl methyl sites for hydroxylation is 2. The van der Waals surface area contributed by atoms with Crippen LogP contribution in [-0.4, -0.2) is 44.1 Å². The van der Waals surface area contributed by atoms with Crippen molar-refractivity contribution in [2.75, 3.05) is 13.1 Å². The molecule has 2 aromatic rings. The topological polar surface area (TPSA) is 69.2 Å². The van der Waals surface area contributed by atoms with Gasteiger partial charge >= 0.3 is 0 Å². The fraction of sp³-hybridized carbons (Fsp3) is 0.706. The van der Waals surface area contributed by atoms with E-state index in [4.69, 9.17) is 9.15 Å². The number of hydrogen-bond donors (Lipinski definition) is 0. The standard InChI is InChI=1S/C17H27N5O2/c1-11-7-22(10-14(23-11)16-19-18-12(2)24-16)9-13-8-21(6)20-15(13)17(3,4)5/h8,11,14H,7,9-10H2,1-6H3/t11-,14-/m1/s1. The fourth-order valence-corrected chi connectivity index (χ4v) is 3.27. The maximum Gasteiger partial charge on any atom is 0.246 e. The number of ether oxygens (including phenoxy) is 1. The van der Waals surface area contributed by atoms with Crippen LogP contribution in [0.2, 0.25) is 0 Å². The minimum Gasteiger partial charge on any atom is -0.423 e. The van der Waals surface area contributed by atoms with E-state index in [1.165, 1.54) is 5.56 Å². The largest absolute Gasteiger partial charge is 0.423 e. The lowest BCUT2D eigenvalue weighted by atomic mass is 9.89. The van der Waals surface area contributed by atoms with Crippen molar-refractivity contribution in [1.82, 2.24) is 24.9 Å². The maximum atomic E-state index is 6.00. The van der Waals surface area contributed by atoms with Crippen molar-refractivity contribution in [3.63, 3.8) is 0 Å². The Morgan fingerprint density at radius 3 is 2.62 bits per heavy atom. The SMILES string of the molecule is Cc1nnc([C@H]2CN(Cc3cn(C)nc3C(C)(C)C)C[C@@H](C)O2)o1. The van der Waals surface area contributed by atoms with Crippen LogP contribution in [0, 0.1) is 6.92 Å². The average molecular weight is 333 g/mol. The second-order valence-corrected chi connectivity index (χ2v) is 7.72. The second-order valence-electron chi connectivity index (χ2n) is 7.72. The van der Waals surface area contributed by atoms with Gasteiger partial charge in [-0.2, -0.15) is 5.10 Å². The number of morpholine rings is 1. The number of rotatable bonds is 3. The predicted molar refractivity (Wildman–Crippen MR) is 89.5 cm³/mol. The molecule has 7 heteroatoms. The van der Waals surface area contributed by atoms with Gasteiger partial charge in [0.15, 0.2) is 0 Å². The molecule has 0 aliphatic carbocycles. The molecule has 1 aliphatic heterocycles. The number of hydrogen-bond acceptors (Lipinski definition) is 6. The van der Waals surface area contributed by atoms with Crippen molar-refractivity contribution < 1.29 is 9.15 Å². The zero-order valence-corrected chi connectivity index (χ0v) is 15.4. The summed E-state index contributed by atoms with van der Waals surface area (Å²) in [5.74, 6) is 1.13. The van der Waals surface area contributed by atoms with E-state index in [0.717, 1.165) is 25.3 Å². The number of nitrogens with zero attached hydrogens (tertiary/aromatic N) is 5. The highest BCUT2D eigenvalue weighted by atomic mass is 16.5. The van der Waals surface area contributed by atoms with E-state index in [1.54, 1.807) is 6.92 Å². The van der Waals surface area contributed by atoms with Crippen molar-refractivity contribution in [2.24, 2.45) is 7.05 Å². The third kappa shape index (κ3) is 3.67. The van der Waals surface area contributed by atoms with Crippen LogP contribution in [-0.2, 0) is 23.7 Å². The van der Waals surface area contributed by atoms with Crippen LogP contribution in [0.3, 0.4) is 0 Å². The van der Waals surface area contributed by atoms with Gasteiger partial charge in [0.2, 0.25) is 11.8 Å². The van der Waals surface area contributed by atoms with Crippen LogP contribution in [0.25, 0.3) is 0 Å². The first-order valence-electron chi connectivity index (χ1n) is 8.43. The van der Waals surface area contributed by atoms with Crippen LogP contribution in [0.1, 0.15) is 56.8 Å². The molecule has 0 bridgehead atoms. The zero-order valence-electron chi connectivity index (χ0n) is 15.4. The summed E-state index contributed by atoms with van der Waals surface area (Å²) in [4.78, 5) is 2.38.